The summed E-state index contributed by atoms with van der Waals surface area (Å²) in [5.41, 5.74) is 5.24. The first-order valence-electron chi connectivity index (χ1n) is 7.37. The lowest BCUT2D eigenvalue weighted by Gasteiger charge is -2.08. The Morgan fingerprint density at radius 1 is 0.850 bits per heavy atom. The summed E-state index contributed by atoms with van der Waals surface area (Å²) in [4.78, 5) is 0. The molecular formula is C18H24N2. The van der Waals surface area contributed by atoms with Gasteiger partial charge in [-0.25, -0.2) is 0 Å². The van der Waals surface area contributed by atoms with Gasteiger partial charge < -0.3 is 10.6 Å². The molecule has 0 amide bonds. The molecule has 2 aromatic rings. The maximum atomic E-state index is 3.49. The fourth-order valence-electron chi connectivity index (χ4n) is 2.30. The van der Waals surface area contributed by atoms with Gasteiger partial charge in [0.05, 0.1) is 0 Å². The van der Waals surface area contributed by atoms with E-state index in [1.165, 1.54) is 29.5 Å². The second-order valence-electron chi connectivity index (χ2n) is 5.12. The van der Waals surface area contributed by atoms with Gasteiger partial charge in [-0.15, -0.1) is 0 Å². The minimum Gasteiger partial charge on any atom is -0.388 e. The summed E-state index contributed by atoms with van der Waals surface area (Å²) in [6.45, 7) is 4.02. The van der Waals surface area contributed by atoms with Crippen molar-refractivity contribution in [3.63, 3.8) is 0 Å². The van der Waals surface area contributed by atoms with Crippen LogP contribution in [-0.4, -0.2) is 7.05 Å². The maximum Gasteiger partial charge on any atom is 0.0340 e. The van der Waals surface area contributed by atoms with Gasteiger partial charge in [-0.1, -0.05) is 49.7 Å². The Balaban J connectivity index is 1.82. The number of nitrogens with one attached hydrogen (secondary N) is 2. The van der Waals surface area contributed by atoms with Crippen LogP contribution in [0.2, 0.25) is 0 Å². The number of anilines is 1. The van der Waals surface area contributed by atoms with Crippen molar-refractivity contribution in [2.45, 2.75) is 32.9 Å². The second-order valence-corrected chi connectivity index (χ2v) is 5.12. The lowest BCUT2D eigenvalue weighted by Crippen LogP contribution is -2.12. The molecule has 0 aliphatic carbocycles. The smallest absolute Gasteiger partial charge is 0.0340 e. The predicted octanol–water partition coefficient (Wildman–Crippen LogP) is 3.97. The van der Waals surface area contributed by atoms with E-state index in [-0.39, 0.29) is 0 Å². The molecule has 0 saturated heterocycles. The molecule has 2 heteroatoms. The van der Waals surface area contributed by atoms with Crippen LogP contribution in [0.15, 0.2) is 48.5 Å². The van der Waals surface area contributed by atoms with E-state index in [9.17, 15) is 0 Å². The third kappa shape index (κ3) is 4.39. The van der Waals surface area contributed by atoms with Crippen molar-refractivity contribution in [2.24, 2.45) is 0 Å². The number of rotatable bonds is 7. The predicted molar refractivity (Wildman–Crippen MR) is 87.0 cm³/mol. The SMILES string of the molecule is CCCc1ccc(CNCc2cccc(NC)c2)cc1. The molecule has 0 radical (unpaired) electrons. The summed E-state index contributed by atoms with van der Waals surface area (Å²) in [5, 5.41) is 6.66. The lowest BCUT2D eigenvalue weighted by molar-refractivity contribution is 0.693. The van der Waals surface area contributed by atoms with Gasteiger partial charge in [0.25, 0.3) is 0 Å². The molecule has 2 aromatic carbocycles. The molecule has 2 N–H and O–H groups in total. The number of aryl methyl sites for hydroxylation is 1. The van der Waals surface area contributed by atoms with E-state index in [4.69, 9.17) is 0 Å². The Hall–Kier alpha value is -1.80. The number of hydrogen-bond donors (Lipinski definition) is 2. The maximum absolute atomic E-state index is 3.49. The molecule has 0 aliphatic heterocycles. The lowest BCUT2D eigenvalue weighted by atomic mass is 10.1. The van der Waals surface area contributed by atoms with Crippen molar-refractivity contribution in [1.82, 2.24) is 5.32 Å². The first-order valence-corrected chi connectivity index (χ1v) is 7.37. The normalized spacial score (nSPS) is 10.5. The second kappa shape index (κ2) is 7.71. The van der Waals surface area contributed by atoms with Crippen LogP contribution in [0.25, 0.3) is 0 Å². The summed E-state index contributed by atoms with van der Waals surface area (Å²) in [5.74, 6) is 0. The Morgan fingerprint density at radius 3 is 2.25 bits per heavy atom. The molecule has 0 unspecified atom stereocenters. The average Bonchev–Trinajstić information content (AvgIpc) is 2.50. The highest BCUT2D eigenvalue weighted by Crippen LogP contribution is 2.10. The molecule has 2 rings (SSSR count). The van der Waals surface area contributed by atoms with Gasteiger partial charge in [-0.05, 0) is 35.2 Å². The molecule has 0 atom stereocenters. The molecule has 0 fully saturated rings. The number of hydrogen-bond acceptors (Lipinski definition) is 2. The summed E-state index contributed by atoms with van der Waals surface area (Å²) in [6, 6.07) is 17.4. The van der Waals surface area contributed by atoms with Crippen LogP contribution in [-0.2, 0) is 19.5 Å². The summed E-state index contributed by atoms with van der Waals surface area (Å²) in [7, 11) is 1.95. The van der Waals surface area contributed by atoms with Crippen LogP contribution in [0.5, 0.6) is 0 Å². The van der Waals surface area contributed by atoms with Crippen LogP contribution in [0.4, 0.5) is 5.69 Å². The number of benzene rings is 2. The standard InChI is InChI=1S/C18H24N2/c1-3-5-15-8-10-16(11-9-15)13-20-14-17-6-4-7-18(12-17)19-2/h4,6-12,19-20H,3,5,13-14H2,1-2H3. The van der Waals surface area contributed by atoms with E-state index in [1.807, 2.05) is 7.05 Å². The van der Waals surface area contributed by atoms with E-state index in [0.29, 0.717) is 0 Å². The minimum atomic E-state index is 0.895. The van der Waals surface area contributed by atoms with Crippen molar-refractivity contribution >= 4 is 5.69 Å². The van der Waals surface area contributed by atoms with Crippen LogP contribution in [0.3, 0.4) is 0 Å². The molecule has 0 saturated carbocycles. The fraction of sp³-hybridized carbons (Fsp3) is 0.333. The van der Waals surface area contributed by atoms with Crippen LogP contribution >= 0.6 is 0 Å². The Kier molecular flexibility index (Phi) is 5.63. The minimum absolute atomic E-state index is 0.895. The van der Waals surface area contributed by atoms with Crippen molar-refractivity contribution in [1.29, 1.82) is 0 Å². The zero-order valence-corrected chi connectivity index (χ0v) is 12.4. The Labute approximate surface area is 122 Å². The van der Waals surface area contributed by atoms with Crippen molar-refractivity contribution < 1.29 is 0 Å². The van der Waals surface area contributed by atoms with Gasteiger partial charge in [0.2, 0.25) is 0 Å². The third-order valence-corrected chi connectivity index (χ3v) is 3.44. The van der Waals surface area contributed by atoms with Gasteiger partial charge in [0, 0.05) is 25.8 Å². The zero-order valence-electron chi connectivity index (χ0n) is 12.4. The topological polar surface area (TPSA) is 24.1 Å². The fourth-order valence-corrected chi connectivity index (χ4v) is 2.30. The highest BCUT2D eigenvalue weighted by molar-refractivity contribution is 5.44. The van der Waals surface area contributed by atoms with Crippen molar-refractivity contribution in [2.75, 3.05) is 12.4 Å². The summed E-state index contributed by atoms with van der Waals surface area (Å²) >= 11 is 0. The average molecular weight is 268 g/mol. The molecule has 0 aromatic heterocycles. The first kappa shape index (κ1) is 14.6. The van der Waals surface area contributed by atoms with E-state index in [1.54, 1.807) is 0 Å². The largest absolute Gasteiger partial charge is 0.388 e. The Bertz CT molecular complexity index is 517. The Morgan fingerprint density at radius 2 is 1.55 bits per heavy atom. The molecule has 20 heavy (non-hydrogen) atoms. The molecule has 2 nitrogen and oxygen atoms in total. The molecule has 106 valence electrons. The zero-order chi connectivity index (χ0) is 14.2. The quantitative estimate of drug-likeness (QED) is 0.794. The molecule has 0 heterocycles. The highest BCUT2D eigenvalue weighted by atomic mass is 14.9. The van der Waals surface area contributed by atoms with Crippen LogP contribution in [0.1, 0.15) is 30.0 Å². The van der Waals surface area contributed by atoms with Crippen molar-refractivity contribution in [3.8, 4) is 0 Å². The molecule has 0 bridgehead atoms. The summed E-state index contributed by atoms with van der Waals surface area (Å²) < 4.78 is 0. The third-order valence-electron chi connectivity index (χ3n) is 3.44. The van der Waals surface area contributed by atoms with E-state index in [0.717, 1.165) is 18.8 Å². The van der Waals surface area contributed by atoms with Gasteiger partial charge >= 0.3 is 0 Å². The highest BCUT2D eigenvalue weighted by Gasteiger charge is 1.97. The van der Waals surface area contributed by atoms with Crippen LogP contribution in [0, 0.1) is 0 Å². The van der Waals surface area contributed by atoms with Crippen molar-refractivity contribution in [3.05, 3.63) is 65.2 Å². The van der Waals surface area contributed by atoms with Gasteiger partial charge in [0.15, 0.2) is 0 Å². The summed E-state index contributed by atoms with van der Waals surface area (Å²) in [6.07, 6.45) is 2.38. The van der Waals surface area contributed by atoms with E-state index in [2.05, 4.69) is 66.1 Å². The monoisotopic (exact) mass is 268 g/mol. The van der Waals surface area contributed by atoms with Gasteiger partial charge in [-0.2, -0.15) is 0 Å². The van der Waals surface area contributed by atoms with Gasteiger partial charge in [0.1, 0.15) is 0 Å². The molecule has 0 spiro atoms. The van der Waals surface area contributed by atoms with E-state index >= 15 is 0 Å². The first-order chi connectivity index (χ1) is 9.81. The molecular weight excluding hydrogens is 244 g/mol. The van der Waals surface area contributed by atoms with Gasteiger partial charge in [-0.3, -0.25) is 0 Å². The molecule has 0 aliphatic rings. The van der Waals surface area contributed by atoms with Crippen LogP contribution < -0.4 is 10.6 Å². The van der Waals surface area contributed by atoms with E-state index < -0.39 is 0 Å².